The minimum absolute atomic E-state index is 0.0471. The van der Waals surface area contributed by atoms with Gasteiger partial charge in [-0.1, -0.05) is 41.4 Å². The lowest BCUT2D eigenvalue weighted by atomic mass is 9.74. The first kappa shape index (κ1) is 19.4. The number of rotatable bonds is 4. The van der Waals surface area contributed by atoms with E-state index in [0.29, 0.717) is 0 Å². The zero-order valence-electron chi connectivity index (χ0n) is 16.6. The van der Waals surface area contributed by atoms with Crippen LogP contribution in [0.4, 0.5) is 5.69 Å². The van der Waals surface area contributed by atoms with Crippen molar-refractivity contribution in [2.24, 2.45) is 0 Å². The fourth-order valence-electron chi connectivity index (χ4n) is 4.67. The van der Waals surface area contributed by atoms with Gasteiger partial charge in [-0.05, 0) is 62.2 Å². The molecule has 0 radical (unpaired) electrons. The smallest absolute Gasteiger partial charge is 0.252 e. The Morgan fingerprint density at radius 3 is 2.68 bits per heavy atom. The van der Waals surface area contributed by atoms with Gasteiger partial charge in [-0.2, -0.15) is 0 Å². The molecule has 1 saturated heterocycles. The number of carbonyl (C=O) groups excluding carboxylic acids is 1. The fraction of sp³-hybridized carbons (Fsp3) is 0.435. The maximum atomic E-state index is 12.6. The van der Waals surface area contributed by atoms with E-state index in [9.17, 15) is 4.79 Å². The van der Waals surface area contributed by atoms with E-state index in [1.807, 2.05) is 23.1 Å². The molecule has 0 N–H and O–H groups in total. The Morgan fingerprint density at radius 2 is 1.96 bits per heavy atom. The molecule has 0 bridgehead atoms. The molecular formula is C23H27ClN2O2. The maximum Gasteiger partial charge on any atom is 0.252 e. The van der Waals surface area contributed by atoms with E-state index in [1.54, 1.807) is 7.11 Å². The predicted octanol–water partition coefficient (Wildman–Crippen LogP) is 4.18. The van der Waals surface area contributed by atoms with Gasteiger partial charge >= 0.3 is 0 Å². The molecule has 1 amide bonds. The second-order valence-electron chi connectivity index (χ2n) is 8.12. The predicted molar refractivity (Wildman–Crippen MR) is 113 cm³/mol. The van der Waals surface area contributed by atoms with Crippen LogP contribution in [0.5, 0.6) is 0 Å². The number of halogens is 1. The summed E-state index contributed by atoms with van der Waals surface area (Å²) in [7, 11) is 1.58. The Labute approximate surface area is 172 Å². The number of amides is 1. The van der Waals surface area contributed by atoms with Crippen molar-refractivity contribution in [3.8, 4) is 0 Å². The van der Waals surface area contributed by atoms with Crippen LogP contribution >= 0.6 is 11.6 Å². The Kier molecular flexibility index (Phi) is 5.46. The highest BCUT2D eigenvalue weighted by molar-refractivity contribution is 6.30. The molecule has 28 heavy (non-hydrogen) atoms. The summed E-state index contributed by atoms with van der Waals surface area (Å²) in [5.41, 5.74) is 4.95. The number of methoxy groups -OCH3 is 1. The van der Waals surface area contributed by atoms with Crippen molar-refractivity contribution < 1.29 is 9.53 Å². The number of anilines is 1. The maximum absolute atomic E-state index is 12.6. The molecule has 2 aliphatic heterocycles. The molecule has 0 aromatic heterocycles. The topological polar surface area (TPSA) is 32.8 Å². The van der Waals surface area contributed by atoms with Gasteiger partial charge in [0.15, 0.2) is 0 Å². The van der Waals surface area contributed by atoms with Crippen LogP contribution in [0, 0.1) is 6.92 Å². The van der Waals surface area contributed by atoms with Crippen molar-refractivity contribution in [3.63, 3.8) is 0 Å². The van der Waals surface area contributed by atoms with Crippen molar-refractivity contribution in [2.75, 3.05) is 38.3 Å². The number of likely N-dealkylation sites (tertiary alicyclic amines) is 1. The third kappa shape index (κ3) is 3.69. The summed E-state index contributed by atoms with van der Waals surface area (Å²) in [6, 6.07) is 14.6. The van der Waals surface area contributed by atoms with Crippen LogP contribution in [0.3, 0.4) is 0 Å². The van der Waals surface area contributed by atoms with Gasteiger partial charge < -0.3 is 9.64 Å². The van der Waals surface area contributed by atoms with Gasteiger partial charge in [0, 0.05) is 36.3 Å². The number of benzene rings is 2. The first-order valence-electron chi connectivity index (χ1n) is 9.88. The zero-order valence-corrected chi connectivity index (χ0v) is 17.3. The van der Waals surface area contributed by atoms with E-state index in [2.05, 4.69) is 36.1 Å². The van der Waals surface area contributed by atoms with Gasteiger partial charge in [0.25, 0.3) is 5.91 Å². The van der Waals surface area contributed by atoms with Crippen LogP contribution in [-0.4, -0.2) is 44.2 Å². The summed E-state index contributed by atoms with van der Waals surface area (Å²) in [4.78, 5) is 17.1. The zero-order chi connectivity index (χ0) is 19.7. The van der Waals surface area contributed by atoms with E-state index in [4.69, 9.17) is 16.3 Å². The third-order valence-corrected chi connectivity index (χ3v) is 6.39. The van der Waals surface area contributed by atoms with E-state index < -0.39 is 0 Å². The normalized spacial score (nSPS) is 18.5. The number of ether oxygens (including phenoxy) is 1. The largest absolute Gasteiger partial charge is 0.375 e. The number of carbonyl (C=O) groups is 1. The van der Waals surface area contributed by atoms with Gasteiger partial charge in [0.1, 0.15) is 6.61 Å². The summed E-state index contributed by atoms with van der Waals surface area (Å²) in [6.45, 7) is 5.98. The number of hydrogen-bond acceptors (Lipinski definition) is 3. The molecule has 4 rings (SSSR count). The monoisotopic (exact) mass is 398 g/mol. The minimum Gasteiger partial charge on any atom is -0.375 e. The van der Waals surface area contributed by atoms with E-state index in [0.717, 1.165) is 49.7 Å². The molecule has 5 heteroatoms. The molecule has 2 heterocycles. The van der Waals surface area contributed by atoms with Gasteiger partial charge in [-0.15, -0.1) is 0 Å². The lowest BCUT2D eigenvalue weighted by Gasteiger charge is -2.40. The molecule has 1 spiro atoms. The minimum atomic E-state index is 0.0471. The van der Waals surface area contributed by atoms with Crippen LogP contribution in [0.25, 0.3) is 0 Å². The van der Waals surface area contributed by atoms with Crippen LogP contribution in [0.15, 0.2) is 42.5 Å². The Morgan fingerprint density at radius 1 is 1.18 bits per heavy atom. The SMILES string of the molecule is COCC(=O)N1CC2(CCN(Cc3cccc(Cl)c3)CC2)c2cc(C)ccc21. The molecule has 0 saturated carbocycles. The molecule has 2 aliphatic rings. The lowest BCUT2D eigenvalue weighted by molar-refractivity contribution is -0.122. The van der Waals surface area contributed by atoms with Crippen molar-refractivity contribution in [3.05, 3.63) is 64.2 Å². The van der Waals surface area contributed by atoms with Crippen molar-refractivity contribution in [1.29, 1.82) is 0 Å². The standard InChI is InChI=1S/C23H27ClN2O2/c1-17-6-7-21-20(12-17)23(16-26(21)22(27)15-28-2)8-10-25(11-9-23)14-18-4-3-5-19(24)13-18/h3-7,12-13H,8-11,14-16H2,1-2H3. The molecule has 1 fully saturated rings. The Bertz CT molecular complexity index is 875. The van der Waals surface area contributed by atoms with E-state index >= 15 is 0 Å². The Hall–Kier alpha value is -1.88. The number of aryl methyl sites for hydroxylation is 1. The summed E-state index contributed by atoms with van der Waals surface area (Å²) in [5, 5.41) is 0.790. The quantitative estimate of drug-likeness (QED) is 0.774. The van der Waals surface area contributed by atoms with Crippen LogP contribution in [-0.2, 0) is 21.5 Å². The van der Waals surface area contributed by atoms with Crippen LogP contribution in [0.2, 0.25) is 5.02 Å². The van der Waals surface area contributed by atoms with Crippen LogP contribution < -0.4 is 4.90 Å². The average molecular weight is 399 g/mol. The Balaban J connectivity index is 1.53. The molecular weight excluding hydrogens is 372 g/mol. The van der Waals surface area contributed by atoms with Gasteiger partial charge in [0.2, 0.25) is 0 Å². The van der Waals surface area contributed by atoms with Gasteiger partial charge in [0.05, 0.1) is 0 Å². The summed E-state index contributed by atoms with van der Waals surface area (Å²) < 4.78 is 5.11. The fourth-order valence-corrected chi connectivity index (χ4v) is 4.88. The van der Waals surface area contributed by atoms with E-state index in [-0.39, 0.29) is 17.9 Å². The molecule has 0 unspecified atom stereocenters. The highest BCUT2D eigenvalue weighted by Gasteiger charge is 2.46. The average Bonchev–Trinajstić information content (AvgIpc) is 2.98. The van der Waals surface area contributed by atoms with Crippen molar-refractivity contribution in [2.45, 2.75) is 31.7 Å². The third-order valence-electron chi connectivity index (χ3n) is 6.15. The lowest BCUT2D eigenvalue weighted by Crippen LogP contribution is -2.46. The van der Waals surface area contributed by atoms with Gasteiger partial charge in [-0.25, -0.2) is 0 Å². The molecule has 2 aromatic rings. The highest BCUT2D eigenvalue weighted by atomic mass is 35.5. The molecule has 4 nitrogen and oxygen atoms in total. The molecule has 0 atom stereocenters. The van der Waals surface area contributed by atoms with E-state index in [1.165, 1.54) is 16.7 Å². The summed E-state index contributed by atoms with van der Waals surface area (Å²) >= 11 is 6.14. The molecule has 0 aliphatic carbocycles. The first-order valence-corrected chi connectivity index (χ1v) is 10.3. The summed E-state index contributed by atoms with van der Waals surface area (Å²) in [5.74, 6) is 0.0471. The number of nitrogens with zero attached hydrogens (tertiary/aromatic N) is 2. The molecule has 2 aromatic carbocycles. The number of hydrogen-bond donors (Lipinski definition) is 0. The highest BCUT2D eigenvalue weighted by Crippen LogP contribution is 2.47. The van der Waals surface area contributed by atoms with Gasteiger partial charge in [-0.3, -0.25) is 9.69 Å². The second kappa shape index (κ2) is 7.86. The second-order valence-corrected chi connectivity index (χ2v) is 8.56. The van der Waals surface area contributed by atoms with Crippen LogP contribution in [0.1, 0.15) is 29.5 Å². The van der Waals surface area contributed by atoms with Crippen molar-refractivity contribution in [1.82, 2.24) is 4.90 Å². The first-order chi connectivity index (χ1) is 13.5. The summed E-state index contributed by atoms with van der Waals surface area (Å²) in [6.07, 6.45) is 2.11. The van der Waals surface area contributed by atoms with Crippen molar-refractivity contribution >= 4 is 23.2 Å². The number of fused-ring (bicyclic) bond motifs is 2. The number of piperidine rings is 1. The molecule has 148 valence electrons.